The van der Waals surface area contributed by atoms with E-state index in [0.29, 0.717) is 18.4 Å². The van der Waals surface area contributed by atoms with E-state index >= 15 is 0 Å². The van der Waals surface area contributed by atoms with E-state index in [2.05, 4.69) is 53.7 Å². The quantitative estimate of drug-likeness (QED) is 0.366. The van der Waals surface area contributed by atoms with E-state index in [1.807, 2.05) is 6.07 Å². The zero-order chi connectivity index (χ0) is 18.2. The molecule has 2 rings (SSSR count). The number of guanidine groups is 1. The normalized spacial score (nSPS) is 12.5. The van der Waals surface area contributed by atoms with Gasteiger partial charge in [-0.2, -0.15) is 0 Å². The van der Waals surface area contributed by atoms with E-state index in [0.717, 1.165) is 12.1 Å². The summed E-state index contributed by atoms with van der Waals surface area (Å²) < 4.78 is 0. The van der Waals surface area contributed by atoms with E-state index in [9.17, 15) is 10.1 Å². The Morgan fingerprint density at radius 2 is 1.92 bits per heavy atom. The number of nitrogens with one attached hydrogen (secondary N) is 2. The molecule has 2 aromatic rings. The average molecular weight is 340 g/mol. The number of nitro benzene ring substituents is 1. The third kappa shape index (κ3) is 5.60. The van der Waals surface area contributed by atoms with E-state index in [1.54, 1.807) is 19.2 Å². The zero-order valence-electron chi connectivity index (χ0n) is 14.8. The molecule has 132 valence electrons. The molecule has 0 aromatic heterocycles. The van der Waals surface area contributed by atoms with Crippen molar-refractivity contribution >= 4 is 11.6 Å². The molecule has 6 nitrogen and oxygen atoms in total. The highest BCUT2D eigenvalue weighted by molar-refractivity contribution is 5.79. The summed E-state index contributed by atoms with van der Waals surface area (Å²) in [5.74, 6) is 1.02. The summed E-state index contributed by atoms with van der Waals surface area (Å²) in [4.78, 5) is 14.6. The second kappa shape index (κ2) is 8.82. The first-order chi connectivity index (χ1) is 12.0. The number of nitrogens with zero attached hydrogens (tertiary/aromatic N) is 2. The number of hydrogen-bond acceptors (Lipinski definition) is 3. The molecule has 25 heavy (non-hydrogen) atoms. The lowest BCUT2D eigenvalue weighted by Crippen LogP contribution is -2.38. The van der Waals surface area contributed by atoms with Gasteiger partial charge in [-0.1, -0.05) is 48.9 Å². The van der Waals surface area contributed by atoms with Crippen molar-refractivity contribution in [1.82, 2.24) is 10.6 Å². The molecule has 0 fully saturated rings. The van der Waals surface area contributed by atoms with E-state index < -0.39 is 0 Å². The lowest BCUT2D eigenvalue weighted by molar-refractivity contribution is -0.384. The number of non-ortho nitro benzene ring substituents is 1. The van der Waals surface area contributed by atoms with Crippen LogP contribution < -0.4 is 10.6 Å². The highest BCUT2D eigenvalue weighted by Crippen LogP contribution is 2.15. The number of nitro groups is 1. The summed E-state index contributed by atoms with van der Waals surface area (Å²) in [6.07, 6.45) is 0. The lowest BCUT2D eigenvalue weighted by Gasteiger charge is -2.16. The van der Waals surface area contributed by atoms with Gasteiger partial charge in [0.25, 0.3) is 5.69 Å². The average Bonchev–Trinajstić information content (AvgIpc) is 2.62. The van der Waals surface area contributed by atoms with Gasteiger partial charge < -0.3 is 10.6 Å². The Kier molecular flexibility index (Phi) is 6.51. The standard InChI is InChI=1S/C19H24N4O2/c1-14-7-9-17(10-8-14)15(2)12-21-19(20-3)22-13-16-5-4-6-18(11-16)23(24)25/h4-11,15H,12-13H2,1-3H3,(H2,20,21,22). The van der Waals surface area contributed by atoms with Crippen LogP contribution >= 0.6 is 0 Å². The van der Waals surface area contributed by atoms with Crippen molar-refractivity contribution in [3.8, 4) is 0 Å². The van der Waals surface area contributed by atoms with Crippen molar-refractivity contribution in [2.24, 2.45) is 4.99 Å². The van der Waals surface area contributed by atoms with Crippen LogP contribution in [-0.4, -0.2) is 24.5 Å². The van der Waals surface area contributed by atoms with Gasteiger partial charge in [0.1, 0.15) is 0 Å². The Hall–Kier alpha value is -2.89. The molecule has 1 unspecified atom stereocenters. The Labute approximate surface area is 148 Å². The topological polar surface area (TPSA) is 79.6 Å². The van der Waals surface area contributed by atoms with Crippen LogP contribution in [0.3, 0.4) is 0 Å². The number of aliphatic imine (C=N–C) groups is 1. The van der Waals surface area contributed by atoms with Crippen LogP contribution in [0, 0.1) is 17.0 Å². The Bertz CT molecular complexity index is 741. The maximum atomic E-state index is 10.8. The number of rotatable bonds is 6. The second-order valence-corrected chi connectivity index (χ2v) is 6.05. The van der Waals surface area contributed by atoms with Gasteiger partial charge >= 0.3 is 0 Å². The molecule has 0 bridgehead atoms. The van der Waals surface area contributed by atoms with Crippen LogP contribution in [0.4, 0.5) is 5.69 Å². The summed E-state index contributed by atoms with van der Waals surface area (Å²) in [5.41, 5.74) is 3.45. The number of benzene rings is 2. The van der Waals surface area contributed by atoms with Crippen molar-refractivity contribution in [3.63, 3.8) is 0 Å². The molecular weight excluding hydrogens is 316 g/mol. The molecule has 0 radical (unpaired) electrons. The number of aryl methyl sites for hydroxylation is 1. The third-order valence-corrected chi connectivity index (χ3v) is 4.03. The molecule has 0 aliphatic heterocycles. The summed E-state index contributed by atoms with van der Waals surface area (Å²) >= 11 is 0. The van der Waals surface area contributed by atoms with Gasteiger partial charge in [0, 0.05) is 32.3 Å². The monoisotopic (exact) mass is 340 g/mol. The molecule has 0 amide bonds. The van der Waals surface area contributed by atoms with Gasteiger partial charge in [0.15, 0.2) is 5.96 Å². The summed E-state index contributed by atoms with van der Waals surface area (Å²) in [7, 11) is 1.71. The second-order valence-electron chi connectivity index (χ2n) is 6.05. The molecule has 0 aliphatic carbocycles. The molecule has 0 saturated carbocycles. The van der Waals surface area contributed by atoms with Crippen LogP contribution in [0.5, 0.6) is 0 Å². The fourth-order valence-electron chi connectivity index (χ4n) is 2.45. The maximum absolute atomic E-state index is 10.8. The Morgan fingerprint density at radius 3 is 2.56 bits per heavy atom. The predicted octanol–water partition coefficient (Wildman–Crippen LogP) is 3.37. The number of hydrogen-bond donors (Lipinski definition) is 2. The first kappa shape index (κ1) is 18.4. The van der Waals surface area contributed by atoms with Crippen LogP contribution in [-0.2, 0) is 6.54 Å². The zero-order valence-corrected chi connectivity index (χ0v) is 14.8. The van der Waals surface area contributed by atoms with Crippen molar-refractivity contribution in [2.45, 2.75) is 26.3 Å². The molecule has 6 heteroatoms. The van der Waals surface area contributed by atoms with E-state index in [1.165, 1.54) is 17.2 Å². The molecule has 1 atom stereocenters. The van der Waals surface area contributed by atoms with Gasteiger partial charge in [-0.15, -0.1) is 0 Å². The van der Waals surface area contributed by atoms with Gasteiger partial charge in [-0.05, 0) is 24.0 Å². The Morgan fingerprint density at radius 1 is 1.20 bits per heavy atom. The molecular formula is C19H24N4O2. The van der Waals surface area contributed by atoms with Crippen molar-refractivity contribution in [1.29, 1.82) is 0 Å². The molecule has 0 saturated heterocycles. The SMILES string of the molecule is CN=C(NCc1cccc([N+](=O)[O-])c1)NCC(C)c1ccc(C)cc1. The fourth-order valence-corrected chi connectivity index (χ4v) is 2.45. The molecule has 0 aliphatic rings. The summed E-state index contributed by atoms with van der Waals surface area (Å²) in [6.45, 7) is 5.45. The van der Waals surface area contributed by atoms with Gasteiger partial charge in [0.2, 0.25) is 0 Å². The van der Waals surface area contributed by atoms with Crippen molar-refractivity contribution in [2.75, 3.05) is 13.6 Å². The third-order valence-electron chi connectivity index (χ3n) is 4.03. The smallest absolute Gasteiger partial charge is 0.269 e. The highest BCUT2D eigenvalue weighted by Gasteiger charge is 2.08. The van der Waals surface area contributed by atoms with E-state index in [4.69, 9.17) is 0 Å². The summed E-state index contributed by atoms with van der Waals surface area (Å²) in [6, 6.07) is 15.1. The minimum atomic E-state index is -0.389. The van der Waals surface area contributed by atoms with Gasteiger partial charge in [0.05, 0.1) is 4.92 Å². The summed E-state index contributed by atoms with van der Waals surface area (Å²) in [5, 5.41) is 17.3. The first-order valence-corrected chi connectivity index (χ1v) is 8.24. The first-order valence-electron chi connectivity index (χ1n) is 8.24. The van der Waals surface area contributed by atoms with Crippen LogP contribution in [0.15, 0.2) is 53.5 Å². The fraction of sp³-hybridized carbons (Fsp3) is 0.316. The molecule has 2 N–H and O–H groups in total. The molecule has 2 aromatic carbocycles. The minimum Gasteiger partial charge on any atom is -0.356 e. The largest absolute Gasteiger partial charge is 0.356 e. The minimum absolute atomic E-state index is 0.0928. The molecule has 0 spiro atoms. The highest BCUT2D eigenvalue weighted by atomic mass is 16.6. The lowest BCUT2D eigenvalue weighted by atomic mass is 10.0. The van der Waals surface area contributed by atoms with E-state index in [-0.39, 0.29) is 10.6 Å². The van der Waals surface area contributed by atoms with Gasteiger partial charge in [-0.25, -0.2) is 0 Å². The van der Waals surface area contributed by atoms with Crippen molar-refractivity contribution in [3.05, 3.63) is 75.3 Å². The predicted molar refractivity (Wildman–Crippen MR) is 101 cm³/mol. The Balaban J connectivity index is 1.87. The van der Waals surface area contributed by atoms with Crippen LogP contribution in [0.1, 0.15) is 29.5 Å². The maximum Gasteiger partial charge on any atom is 0.269 e. The van der Waals surface area contributed by atoms with Crippen LogP contribution in [0.25, 0.3) is 0 Å². The van der Waals surface area contributed by atoms with Crippen LogP contribution in [0.2, 0.25) is 0 Å². The molecule has 0 heterocycles. The van der Waals surface area contributed by atoms with Crippen molar-refractivity contribution < 1.29 is 4.92 Å². The van der Waals surface area contributed by atoms with Gasteiger partial charge in [-0.3, -0.25) is 15.1 Å².